The van der Waals surface area contributed by atoms with Gasteiger partial charge in [0, 0.05) is 17.9 Å². The molecule has 2 atom stereocenters. The number of aliphatic carboxylic acids is 1. The van der Waals surface area contributed by atoms with Crippen molar-refractivity contribution in [3.63, 3.8) is 0 Å². The number of aliphatic hydroxyl groups excluding tert-OH is 1. The smallest absolute Gasteiger partial charge is 0.303 e. The molecule has 0 saturated carbocycles. The average Bonchev–Trinajstić information content (AvgIpc) is 2.89. The topological polar surface area (TPSA) is 74.6 Å². The molecule has 132 valence electrons. The van der Waals surface area contributed by atoms with Crippen molar-refractivity contribution >= 4 is 11.8 Å². The predicted octanol–water partition coefficient (Wildman–Crippen LogP) is 3.97. The molecule has 2 N–H and O–H groups in total. The maximum absolute atomic E-state index is 11.9. The normalized spacial score (nSPS) is 18.2. The Bertz CT molecular complexity index is 536. The molecule has 0 spiro atoms. The number of carbonyl (C=O) groups excluding carboxylic acids is 1. The first-order chi connectivity index (χ1) is 11.5. The summed E-state index contributed by atoms with van der Waals surface area (Å²) in [6, 6.07) is 0. The first kappa shape index (κ1) is 20.1. The van der Waals surface area contributed by atoms with E-state index in [4.69, 9.17) is 5.11 Å². The second-order valence-electron chi connectivity index (χ2n) is 6.11. The largest absolute Gasteiger partial charge is 0.481 e. The van der Waals surface area contributed by atoms with Gasteiger partial charge in [0.15, 0.2) is 5.78 Å². The van der Waals surface area contributed by atoms with Crippen LogP contribution in [0.4, 0.5) is 0 Å². The lowest BCUT2D eigenvalue weighted by Gasteiger charge is -2.06. The number of carboxylic acids is 1. The number of allylic oxidation sites excluding steroid dienone is 4. The number of carboxylic acid groups (broad SMARTS) is 1. The minimum absolute atomic E-state index is 0.00712. The second kappa shape index (κ2) is 11.6. The van der Waals surface area contributed by atoms with Crippen LogP contribution in [0, 0.1) is 5.92 Å². The fourth-order valence-electron chi connectivity index (χ4n) is 2.55. The highest BCUT2D eigenvalue weighted by Crippen LogP contribution is 2.24. The van der Waals surface area contributed by atoms with Gasteiger partial charge in [-0.1, -0.05) is 44.4 Å². The van der Waals surface area contributed by atoms with Gasteiger partial charge in [-0.2, -0.15) is 0 Å². The van der Waals surface area contributed by atoms with Crippen molar-refractivity contribution < 1.29 is 19.8 Å². The van der Waals surface area contributed by atoms with Crippen LogP contribution < -0.4 is 0 Å². The van der Waals surface area contributed by atoms with Gasteiger partial charge in [0.2, 0.25) is 0 Å². The Labute approximate surface area is 144 Å². The maximum atomic E-state index is 11.9. The van der Waals surface area contributed by atoms with E-state index in [9.17, 15) is 14.7 Å². The molecule has 0 aromatic heterocycles. The zero-order chi connectivity index (χ0) is 17.8. The van der Waals surface area contributed by atoms with E-state index in [0.717, 1.165) is 25.7 Å². The van der Waals surface area contributed by atoms with E-state index < -0.39 is 12.1 Å². The SMILES string of the molecule is CCCCC[C@H](O)C=C=C1C(=O)C=C[C@@H]1C/C=C\CCCC(=O)O. The Hall–Kier alpha value is -1.90. The van der Waals surface area contributed by atoms with Crippen molar-refractivity contribution in [1.29, 1.82) is 0 Å². The molecule has 1 aliphatic carbocycles. The Balaban J connectivity index is 2.50. The molecule has 0 aromatic carbocycles. The molecule has 24 heavy (non-hydrogen) atoms. The summed E-state index contributed by atoms with van der Waals surface area (Å²) < 4.78 is 0. The van der Waals surface area contributed by atoms with E-state index in [1.54, 1.807) is 12.2 Å². The molecule has 0 aliphatic heterocycles. The number of hydrogen-bond donors (Lipinski definition) is 2. The third kappa shape index (κ3) is 8.09. The van der Waals surface area contributed by atoms with E-state index in [2.05, 4.69) is 12.7 Å². The number of aliphatic hydroxyl groups is 1. The number of hydrogen-bond acceptors (Lipinski definition) is 3. The van der Waals surface area contributed by atoms with Gasteiger partial charge in [-0.3, -0.25) is 9.59 Å². The van der Waals surface area contributed by atoms with E-state index in [1.807, 2.05) is 18.2 Å². The Morgan fingerprint density at radius 3 is 2.83 bits per heavy atom. The van der Waals surface area contributed by atoms with Crippen molar-refractivity contribution in [3.8, 4) is 0 Å². The summed E-state index contributed by atoms with van der Waals surface area (Å²) in [6.07, 6.45) is 14.5. The first-order valence-electron chi connectivity index (χ1n) is 8.78. The monoisotopic (exact) mass is 332 g/mol. The molecule has 0 bridgehead atoms. The molecule has 0 amide bonds. The van der Waals surface area contributed by atoms with Crippen LogP contribution in [0.3, 0.4) is 0 Å². The summed E-state index contributed by atoms with van der Waals surface area (Å²) in [6.45, 7) is 2.12. The fourth-order valence-corrected chi connectivity index (χ4v) is 2.55. The fraction of sp³-hybridized carbons (Fsp3) is 0.550. The lowest BCUT2D eigenvalue weighted by molar-refractivity contribution is -0.137. The van der Waals surface area contributed by atoms with Crippen LogP contribution in [0.1, 0.15) is 58.3 Å². The lowest BCUT2D eigenvalue weighted by atomic mass is 9.98. The third-order valence-electron chi connectivity index (χ3n) is 3.97. The van der Waals surface area contributed by atoms with Gasteiger partial charge in [0.25, 0.3) is 0 Å². The van der Waals surface area contributed by atoms with Crippen LogP contribution in [0.2, 0.25) is 0 Å². The van der Waals surface area contributed by atoms with E-state index in [0.29, 0.717) is 24.8 Å². The maximum Gasteiger partial charge on any atom is 0.303 e. The molecule has 1 aliphatic rings. The van der Waals surface area contributed by atoms with Crippen LogP contribution in [-0.2, 0) is 9.59 Å². The number of ketones is 1. The lowest BCUT2D eigenvalue weighted by Crippen LogP contribution is -2.03. The van der Waals surface area contributed by atoms with Gasteiger partial charge < -0.3 is 10.2 Å². The number of rotatable bonds is 11. The summed E-state index contributed by atoms with van der Waals surface area (Å²) in [5.41, 5.74) is 3.59. The standard InChI is InChI=1S/C20H28O4/c1-2-3-6-10-17(21)13-14-18-16(12-15-19(18)22)9-7-4-5-8-11-20(23)24/h4,7,12-13,15-17,21H,2-3,5-6,8-11H2,1H3,(H,23,24)/b7-4-/t14?,16-,17-/m0/s1. The van der Waals surface area contributed by atoms with Gasteiger partial charge in [0.05, 0.1) is 6.10 Å². The molecular formula is C20H28O4. The molecule has 0 unspecified atom stereocenters. The highest BCUT2D eigenvalue weighted by Gasteiger charge is 2.21. The van der Waals surface area contributed by atoms with Crippen LogP contribution in [0.25, 0.3) is 0 Å². The van der Waals surface area contributed by atoms with Crippen LogP contribution >= 0.6 is 0 Å². The minimum Gasteiger partial charge on any atom is -0.481 e. The minimum atomic E-state index is -0.777. The number of unbranched alkanes of at least 4 members (excludes halogenated alkanes) is 3. The molecule has 1 rings (SSSR count). The summed E-state index contributed by atoms with van der Waals surface area (Å²) in [4.78, 5) is 22.3. The average molecular weight is 332 g/mol. The third-order valence-corrected chi connectivity index (χ3v) is 3.97. The highest BCUT2D eigenvalue weighted by molar-refractivity contribution is 6.07. The van der Waals surface area contributed by atoms with Crippen molar-refractivity contribution in [3.05, 3.63) is 41.7 Å². The molecule has 4 nitrogen and oxygen atoms in total. The van der Waals surface area contributed by atoms with Gasteiger partial charge in [-0.05, 0) is 37.8 Å². The zero-order valence-electron chi connectivity index (χ0n) is 14.4. The predicted molar refractivity (Wildman–Crippen MR) is 94.6 cm³/mol. The molecular weight excluding hydrogens is 304 g/mol. The Morgan fingerprint density at radius 2 is 2.12 bits per heavy atom. The second-order valence-corrected chi connectivity index (χ2v) is 6.11. The number of carbonyl (C=O) groups is 2. The van der Waals surface area contributed by atoms with Crippen molar-refractivity contribution in [2.24, 2.45) is 5.92 Å². The van der Waals surface area contributed by atoms with Gasteiger partial charge in [-0.15, -0.1) is 5.73 Å². The van der Waals surface area contributed by atoms with E-state index >= 15 is 0 Å². The molecule has 0 aromatic rings. The summed E-state index contributed by atoms with van der Waals surface area (Å²) in [7, 11) is 0. The molecule has 0 radical (unpaired) electrons. The summed E-state index contributed by atoms with van der Waals surface area (Å²) in [5.74, 6) is -0.829. The van der Waals surface area contributed by atoms with Crippen molar-refractivity contribution in [2.75, 3.05) is 0 Å². The Morgan fingerprint density at radius 1 is 1.33 bits per heavy atom. The van der Waals surface area contributed by atoms with Crippen LogP contribution in [0.5, 0.6) is 0 Å². The van der Waals surface area contributed by atoms with E-state index in [-0.39, 0.29) is 18.1 Å². The van der Waals surface area contributed by atoms with Crippen LogP contribution in [-0.4, -0.2) is 28.1 Å². The zero-order valence-corrected chi connectivity index (χ0v) is 14.4. The highest BCUT2D eigenvalue weighted by atomic mass is 16.4. The summed E-state index contributed by atoms with van der Waals surface area (Å²) >= 11 is 0. The first-order valence-corrected chi connectivity index (χ1v) is 8.78. The molecule has 0 heterocycles. The molecule has 0 fully saturated rings. The quantitative estimate of drug-likeness (QED) is 0.260. The summed E-state index contributed by atoms with van der Waals surface area (Å²) in [5, 5.41) is 18.5. The Kier molecular flexibility index (Phi) is 9.74. The molecule has 0 saturated heterocycles. The van der Waals surface area contributed by atoms with E-state index in [1.165, 1.54) is 0 Å². The van der Waals surface area contributed by atoms with Gasteiger partial charge in [-0.25, -0.2) is 0 Å². The molecule has 4 heteroatoms. The van der Waals surface area contributed by atoms with Crippen LogP contribution in [0.15, 0.2) is 41.7 Å². The van der Waals surface area contributed by atoms with Gasteiger partial charge in [0.1, 0.15) is 0 Å². The van der Waals surface area contributed by atoms with Gasteiger partial charge >= 0.3 is 5.97 Å². The van der Waals surface area contributed by atoms with Crippen molar-refractivity contribution in [2.45, 2.75) is 64.4 Å². The van der Waals surface area contributed by atoms with Crippen molar-refractivity contribution in [1.82, 2.24) is 0 Å².